The first-order valence-corrected chi connectivity index (χ1v) is 8.22. The smallest absolute Gasteiger partial charge is 0.223 e. The van der Waals surface area contributed by atoms with E-state index in [1.54, 1.807) is 0 Å². The molecule has 2 fully saturated rings. The molecule has 3 rings (SSSR count). The molecule has 1 aromatic carbocycles. The molecule has 1 N–H and O–H groups in total. The highest BCUT2D eigenvalue weighted by Gasteiger charge is 2.27. The highest BCUT2D eigenvalue weighted by molar-refractivity contribution is 5.76. The number of carbonyl (C=O) groups excluding carboxylic acids is 1. The van der Waals surface area contributed by atoms with E-state index in [0.717, 1.165) is 57.7 Å². The number of carbonyl (C=O) groups is 1. The van der Waals surface area contributed by atoms with Gasteiger partial charge in [0.1, 0.15) is 5.82 Å². The highest BCUT2D eigenvalue weighted by atomic mass is 19.1. The fraction of sp³-hybridized carbons (Fsp3) is 0.588. The molecule has 2 aliphatic heterocycles. The number of hydrogen-bond donors (Lipinski definition) is 1. The largest absolute Gasteiger partial charge is 0.340 e. The van der Waals surface area contributed by atoms with Crippen molar-refractivity contribution in [3.63, 3.8) is 0 Å². The molecule has 4 nitrogen and oxygen atoms in total. The molecule has 2 aliphatic rings. The summed E-state index contributed by atoms with van der Waals surface area (Å²) in [5.41, 5.74) is 1.16. The van der Waals surface area contributed by atoms with Gasteiger partial charge in [-0.05, 0) is 37.1 Å². The second-order valence-corrected chi connectivity index (χ2v) is 6.13. The molecule has 22 heavy (non-hydrogen) atoms. The molecule has 1 amide bonds. The summed E-state index contributed by atoms with van der Waals surface area (Å²) in [7, 11) is 0. The lowest BCUT2D eigenvalue weighted by atomic mass is 10.0. The minimum Gasteiger partial charge on any atom is -0.340 e. The predicted molar refractivity (Wildman–Crippen MR) is 84.0 cm³/mol. The maximum Gasteiger partial charge on any atom is 0.223 e. The van der Waals surface area contributed by atoms with Crippen molar-refractivity contribution in [2.45, 2.75) is 25.3 Å². The normalized spacial score (nSPS) is 23.0. The average molecular weight is 305 g/mol. The summed E-state index contributed by atoms with van der Waals surface area (Å²) < 4.78 is 13.1. The lowest BCUT2D eigenvalue weighted by Crippen LogP contribution is -2.47. The van der Waals surface area contributed by atoms with Gasteiger partial charge in [-0.25, -0.2) is 4.39 Å². The minimum absolute atomic E-state index is 0.192. The minimum atomic E-state index is -0.192. The van der Waals surface area contributed by atoms with Gasteiger partial charge in [-0.3, -0.25) is 9.69 Å². The molecule has 1 atom stereocenters. The van der Waals surface area contributed by atoms with E-state index in [1.165, 1.54) is 12.1 Å². The molecule has 120 valence electrons. The van der Waals surface area contributed by atoms with Gasteiger partial charge in [0, 0.05) is 45.2 Å². The molecule has 5 heteroatoms. The molecule has 0 saturated carbocycles. The molecule has 0 spiro atoms. The molecule has 0 bridgehead atoms. The Balaban J connectivity index is 1.54. The first-order valence-electron chi connectivity index (χ1n) is 8.22. The van der Waals surface area contributed by atoms with Gasteiger partial charge < -0.3 is 10.2 Å². The van der Waals surface area contributed by atoms with Crippen LogP contribution in [-0.2, 0) is 4.79 Å². The highest BCUT2D eigenvalue weighted by Crippen LogP contribution is 2.31. The first kappa shape index (κ1) is 15.4. The molecule has 1 aromatic rings. The van der Waals surface area contributed by atoms with Gasteiger partial charge in [-0.15, -0.1) is 0 Å². The van der Waals surface area contributed by atoms with Crippen LogP contribution in [0.1, 0.15) is 30.9 Å². The molecule has 1 unspecified atom stereocenters. The zero-order valence-corrected chi connectivity index (χ0v) is 12.9. The van der Waals surface area contributed by atoms with Crippen LogP contribution >= 0.6 is 0 Å². The van der Waals surface area contributed by atoms with E-state index in [1.807, 2.05) is 17.0 Å². The van der Waals surface area contributed by atoms with E-state index in [0.29, 0.717) is 12.5 Å². The van der Waals surface area contributed by atoms with Crippen molar-refractivity contribution in [1.82, 2.24) is 15.1 Å². The van der Waals surface area contributed by atoms with Crippen molar-refractivity contribution in [3.05, 3.63) is 35.6 Å². The Kier molecular flexibility index (Phi) is 5.05. The molecule has 0 radical (unpaired) electrons. The Morgan fingerprint density at radius 3 is 2.64 bits per heavy atom. The Morgan fingerprint density at radius 2 is 1.91 bits per heavy atom. The number of rotatable bonds is 4. The van der Waals surface area contributed by atoms with Gasteiger partial charge in [0.05, 0.1) is 0 Å². The van der Waals surface area contributed by atoms with Crippen LogP contribution in [0.4, 0.5) is 4.39 Å². The SMILES string of the molecule is O=C(CCN1CCCC1c1ccc(F)cc1)N1CCNCC1. The zero-order chi connectivity index (χ0) is 15.4. The molecular weight excluding hydrogens is 281 g/mol. The molecule has 2 saturated heterocycles. The number of halogens is 1. The van der Waals surface area contributed by atoms with Gasteiger partial charge in [0.25, 0.3) is 0 Å². The molecule has 2 heterocycles. The predicted octanol–water partition coefficient (Wildman–Crippen LogP) is 1.78. The standard InChI is InChI=1S/C17H24FN3O/c18-15-5-3-14(4-6-15)16-2-1-10-20(16)11-7-17(22)21-12-8-19-9-13-21/h3-6,16,19H,1-2,7-13H2. The summed E-state index contributed by atoms with van der Waals surface area (Å²) in [6.07, 6.45) is 2.81. The third-order valence-corrected chi connectivity index (χ3v) is 4.70. The second-order valence-electron chi connectivity index (χ2n) is 6.13. The number of hydrogen-bond acceptors (Lipinski definition) is 3. The van der Waals surface area contributed by atoms with Crippen molar-refractivity contribution in [3.8, 4) is 0 Å². The van der Waals surface area contributed by atoms with Crippen LogP contribution in [0, 0.1) is 5.82 Å². The van der Waals surface area contributed by atoms with Gasteiger partial charge in [-0.1, -0.05) is 12.1 Å². The zero-order valence-electron chi connectivity index (χ0n) is 12.9. The van der Waals surface area contributed by atoms with Crippen molar-refractivity contribution in [1.29, 1.82) is 0 Å². The van der Waals surface area contributed by atoms with E-state index in [-0.39, 0.29) is 11.7 Å². The Bertz CT molecular complexity index is 499. The van der Waals surface area contributed by atoms with E-state index in [9.17, 15) is 9.18 Å². The van der Waals surface area contributed by atoms with Crippen molar-refractivity contribution in [2.75, 3.05) is 39.3 Å². The lowest BCUT2D eigenvalue weighted by molar-refractivity contribution is -0.132. The van der Waals surface area contributed by atoms with Crippen molar-refractivity contribution < 1.29 is 9.18 Å². The number of piperazine rings is 1. The summed E-state index contributed by atoms with van der Waals surface area (Å²) >= 11 is 0. The lowest BCUT2D eigenvalue weighted by Gasteiger charge is -2.29. The molecule has 0 aromatic heterocycles. The monoisotopic (exact) mass is 305 g/mol. The van der Waals surface area contributed by atoms with Crippen LogP contribution in [0.2, 0.25) is 0 Å². The van der Waals surface area contributed by atoms with E-state index >= 15 is 0 Å². The fourth-order valence-electron chi connectivity index (χ4n) is 3.47. The van der Waals surface area contributed by atoms with Crippen LogP contribution in [0.3, 0.4) is 0 Å². The van der Waals surface area contributed by atoms with Crippen molar-refractivity contribution in [2.24, 2.45) is 0 Å². The van der Waals surface area contributed by atoms with Crippen molar-refractivity contribution >= 4 is 5.91 Å². The van der Waals surface area contributed by atoms with E-state index in [2.05, 4.69) is 10.2 Å². The van der Waals surface area contributed by atoms with Gasteiger partial charge in [-0.2, -0.15) is 0 Å². The summed E-state index contributed by atoms with van der Waals surface area (Å²) in [5, 5.41) is 3.26. The summed E-state index contributed by atoms with van der Waals surface area (Å²) in [5.74, 6) is 0.0634. The second kappa shape index (κ2) is 7.20. The van der Waals surface area contributed by atoms with Crippen LogP contribution in [0.15, 0.2) is 24.3 Å². The van der Waals surface area contributed by atoms with Gasteiger partial charge >= 0.3 is 0 Å². The van der Waals surface area contributed by atoms with Gasteiger partial charge in [0.2, 0.25) is 5.91 Å². The number of nitrogens with zero attached hydrogens (tertiary/aromatic N) is 2. The Hall–Kier alpha value is -1.46. The van der Waals surface area contributed by atoms with Crippen LogP contribution in [0.5, 0.6) is 0 Å². The quantitative estimate of drug-likeness (QED) is 0.921. The summed E-state index contributed by atoms with van der Waals surface area (Å²) in [6.45, 7) is 5.25. The van der Waals surface area contributed by atoms with Crippen LogP contribution in [-0.4, -0.2) is 55.0 Å². The number of likely N-dealkylation sites (tertiary alicyclic amines) is 1. The third kappa shape index (κ3) is 3.65. The Morgan fingerprint density at radius 1 is 1.18 bits per heavy atom. The summed E-state index contributed by atoms with van der Waals surface area (Å²) in [6, 6.07) is 7.12. The molecule has 0 aliphatic carbocycles. The van der Waals surface area contributed by atoms with Gasteiger partial charge in [0.15, 0.2) is 0 Å². The first-order chi connectivity index (χ1) is 10.7. The maximum atomic E-state index is 13.1. The van der Waals surface area contributed by atoms with Crippen LogP contribution in [0.25, 0.3) is 0 Å². The molecular formula is C17H24FN3O. The number of amides is 1. The maximum absolute atomic E-state index is 13.1. The number of nitrogens with one attached hydrogen (secondary N) is 1. The number of benzene rings is 1. The average Bonchev–Trinajstić information content (AvgIpc) is 3.02. The van der Waals surface area contributed by atoms with E-state index < -0.39 is 0 Å². The summed E-state index contributed by atoms with van der Waals surface area (Å²) in [4.78, 5) is 16.6. The Labute approximate surface area is 131 Å². The fourth-order valence-corrected chi connectivity index (χ4v) is 3.47. The van der Waals surface area contributed by atoms with E-state index in [4.69, 9.17) is 0 Å². The topological polar surface area (TPSA) is 35.6 Å². The third-order valence-electron chi connectivity index (χ3n) is 4.70. The van der Waals surface area contributed by atoms with Crippen LogP contribution < -0.4 is 5.32 Å².